The van der Waals surface area contributed by atoms with E-state index in [1.807, 2.05) is 41.7 Å². The van der Waals surface area contributed by atoms with Crippen molar-refractivity contribution in [3.63, 3.8) is 0 Å². The number of carbonyl (C=O) groups is 1. The van der Waals surface area contributed by atoms with Crippen molar-refractivity contribution in [1.82, 2.24) is 0 Å². The number of hydrogen-bond acceptors (Lipinski definition) is 3. The molecule has 1 aliphatic rings. The zero-order valence-electron chi connectivity index (χ0n) is 9.44. The highest BCUT2D eigenvalue weighted by molar-refractivity contribution is 8.07. The van der Waals surface area contributed by atoms with Crippen molar-refractivity contribution in [3.05, 3.63) is 35.4 Å². The average Bonchev–Trinajstić information content (AvgIpc) is 2.39. The van der Waals surface area contributed by atoms with Gasteiger partial charge in [-0.25, -0.2) is 0 Å². The van der Waals surface area contributed by atoms with Gasteiger partial charge in [-0.3, -0.25) is 4.79 Å². The van der Waals surface area contributed by atoms with Gasteiger partial charge >= 0.3 is 0 Å². The van der Waals surface area contributed by atoms with Gasteiger partial charge in [-0.05, 0) is 18.1 Å². The van der Waals surface area contributed by atoms with E-state index >= 15 is 0 Å². The molecule has 0 radical (unpaired) electrons. The lowest BCUT2D eigenvalue weighted by Gasteiger charge is -2.19. The van der Waals surface area contributed by atoms with Gasteiger partial charge in [0.15, 0.2) is 5.78 Å². The molecule has 0 spiro atoms. The lowest BCUT2D eigenvalue weighted by molar-refractivity contribution is 0.0995. The number of hydrogen-bond donors (Lipinski definition) is 0. The topological polar surface area (TPSA) is 17.1 Å². The van der Waals surface area contributed by atoms with Crippen LogP contribution < -0.4 is 0 Å². The van der Waals surface area contributed by atoms with Crippen molar-refractivity contribution in [2.75, 3.05) is 17.3 Å². The van der Waals surface area contributed by atoms with Crippen LogP contribution in [0.15, 0.2) is 24.3 Å². The van der Waals surface area contributed by atoms with Gasteiger partial charge in [0.2, 0.25) is 0 Å². The lowest BCUT2D eigenvalue weighted by Crippen LogP contribution is -2.24. The van der Waals surface area contributed by atoms with Crippen LogP contribution in [0.2, 0.25) is 0 Å². The molecular formula is C13H16OS2. The zero-order chi connectivity index (χ0) is 11.4. The van der Waals surface area contributed by atoms with E-state index in [0.29, 0.717) is 5.78 Å². The number of benzene rings is 1. The van der Waals surface area contributed by atoms with E-state index in [1.54, 1.807) is 0 Å². The summed E-state index contributed by atoms with van der Waals surface area (Å²) in [5.41, 5.74) is 2.14. The Kier molecular flexibility index (Phi) is 4.36. The Bertz CT molecular complexity index is 370. The van der Waals surface area contributed by atoms with E-state index in [0.717, 1.165) is 23.5 Å². The fraction of sp³-hybridized carbons (Fsp3) is 0.462. The zero-order valence-corrected chi connectivity index (χ0v) is 11.1. The van der Waals surface area contributed by atoms with E-state index in [-0.39, 0.29) is 5.25 Å². The van der Waals surface area contributed by atoms with Crippen molar-refractivity contribution in [1.29, 1.82) is 0 Å². The van der Waals surface area contributed by atoms with E-state index in [1.165, 1.54) is 11.3 Å². The van der Waals surface area contributed by atoms with Crippen molar-refractivity contribution in [2.24, 2.45) is 0 Å². The third-order valence-electron chi connectivity index (χ3n) is 2.73. The summed E-state index contributed by atoms with van der Waals surface area (Å²) in [6, 6.07) is 8.07. The first-order valence-electron chi connectivity index (χ1n) is 5.63. The maximum atomic E-state index is 12.2. The van der Waals surface area contributed by atoms with Crippen LogP contribution in [0.3, 0.4) is 0 Å². The summed E-state index contributed by atoms with van der Waals surface area (Å²) in [4.78, 5) is 12.2. The van der Waals surface area contributed by atoms with Crippen LogP contribution in [0.25, 0.3) is 0 Å². The molecule has 1 saturated heterocycles. The molecule has 2 rings (SSSR count). The van der Waals surface area contributed by atoms with Gasteiger partial charge in [-0.15, -0.1) is 11.8 Å². The molecule has 86 valence electrons. The van der Waals surface area contributed by atoms with Gasteiger partial charge in [-0.1, -0.05) is 25.1 Å². The predicted octanol–water partition coefficient (Wildman–Crippen LogP) is 3.28. The quantitative estimate of drug-likeness (QED) is 0.769. The normalized spacial score (nSPS) is 20.7. The standard InChI is InChI=1S/C13H16OS2/c1-2-10-4-3-5-11(8-10)13(14)12-9-15-6-7-16-12/h3-5,8,12H,2,6-7,9H2,1H3. The van der Waals surface area contributed by atoms with E-state index in [2.05, 4.69) is 13.0 Å². The van der Waals surface area contributed by atoms with Crippen molar-refractivity contribution in [2.45, 2.75) is 18.6 Å². The van der Waals surface area contributed by atoms with E-state index < -0.39 is 0 Å². The van der Waals surface area contributed by atoms with Crippen LogP contribution in [-0.4, -0.2) is 28.3 Å². The highest BCUT2D eigenvalue weighted by Crippen LogP contribution is 2.27. The van der Waals surface area contributed by atoms with E-state index in [4.69, 9.17) is 0 Å². The number of Topliss-reactive ketones (excluding diaryl/α,β-unsaturated/α-hetero) is 1. The molecule has 0 N–H and O–H groups in total. The predicted molar refractivity (Wildman–Crippen MR) is 73.7 cm³/mol. The SMILES string of the molecule is CCc1cccc(C(=O)C2CSCCS2)c1. The molecule has 1 nitrogen and oxygen atoms in total. The Hall–Kier alpha value is -0.410. The van der Waals surface area contributed by atoms with Gasteiger partial charge in [0.25, 0.3) is 0 Å². The van der Waals surface area contributed by atoms with Crippen molar-refractivity contribution in [3.8, 4) is 0 Å². The maximum absolute atomic E-state index is 12.2. The number of aryl methyl sites for hydroxylation is 1. The molecule has 1 aromatic rings. The van der Waals surface area contributed by atoms with Gasteiger partial charge in [-0.2, -0.15) is 11.8 Å². The summed E-state index contributed by atoms with van der Waals surface area (Å²) >= 11 is 3.70. The molecule has 1 aliphatic heterocycles. The van der Waals surface area contributed by atoms with Crippen LogP contribution in [0.1, 0.15) is 22.8 Å². The summed E-state index contributed by atoms with van der Waals surface area (Å²) in [6.07, 6.45) is 0.994. The minimum Gasteiger partial charge on any atom is -0.293 e. The van der Waals surface area contributed by atoms with Gasteiger partial charge < -0.3 is 0 Å². The molecule has 16 heavy (non-hydrogen) atoms. The number of rotatable bonds is 3. The highest BCUT2D eigenvalue weighted by atomic mass is 32.2. The minimum atomic E-state index is 0.172. The van der Waals surface area contributed by atoms with Crippen LogP contribution in [-0.2, 0) is 6.42 Å². The molecular weight excluding hydrogens is 236 g/mol. The van der Waals surface area contributed by atoms with Gasteiger partial charge in [0.1, 0.15) is 0 Å². The third-order valence-corrected chi connectivity index (χ3v) is 5.48. The van der Waals surface area contributed by atoms with Crippen LogP contribution in [0.4, 0.5) is 0 Å². The summed E-state index contributed by atoms with van der Waals surface area (Å²) in [5.74, 6) is 3.57. The Labute approximate surface area is 105 Å². The molecule has 0 aliphatic carbocycles. The maximum Gasteiger partial charge on any atom is 0.176 e. The molecule has 0 saturated carbocycles. The monoisotopic (exact) mass is 252 g/mol. The highest BCUT2D eigenvalue weighted by Gasteiger charge is 2.23. The molecule has 1 atom stereocenters. The average molecular weight is 252 g/mol. The first kappa shape index (κ1) is 12.1. The smallest absolute Gasteiger partial charge is 0.176 e. The Morgan fingerprint density at radius 2 is 2.31 bits per heavy atom. The van der Waals surface area contributed by atoms with Crippen LogP contribution in [0, 0.1) is 0 Å². The molecule has 0 bridgehead atoms. The second-order valence-electron chi connectivity index (χ2n) is 3.85. The molecule has 0 amide bonds. The second kappa shape index (κ2) is 5.78. The third kappa shape index (κ3) is 2.83. The summed E-state index contributed by atoms with van der Waals surface area (Å²) in [7, 11) is 0. The van der Waals surface area contributed by atoms with Gasteiger partial charge in [0.05, 0.1) is 5.25 Å². The lowest BCUT2D eigenvalue weighted by atomic mass is 10.0. The summed E-state index contributed by atoms with van der Waals surface area (Å²) in [5, 5.41) is 0.172. The largest absolute Gasteiger partial charge is 0.293 e. The van der Waals surface area contributed by atoms with Gasteiger partial charge in [0, 0.05) is 22.8 Å². The molecule has 1 fully saturated rings. The molecule has 0 aromatic heterocycles. The minimum absolute atomic E-state index is 0.172. The first-order valence-corrected chi connectivity index (χ1v) is 7.84. The van der Waals surface area contributed by atoms with Crippen molar-refractivity contribution >= 4 is 29.3 Å². The second-order valence-corrected chi connectivity index (χ2v) is 6.31. The first-order chi connectivity index (χ1) is 7.81. The molecule has 1 heterocycles. The number of carbonyl (C=O) groups excluding carboxylic acids is 1. The number of ketones is 1. The Morgan fingerprint density at radius 1 is 1.44 bits per heavy atom. The fourth-order valence-electron chi connectivity index (χ4n) is 1.77. The van der Waals surface area contributed by atoms with Crippen molar-refractivity contribution < 1.29 is 4.79 Å². The summed E-state index contributed by atoms with van der Waals surface area (Å²) in [6.45, 7) is 2.12. The molecule has 1 unspecified atom stereocenters. The summed E-state index contributed by atoms with van der Waals surface area (Å²) < 4.78 is 0. The fourth-order valence-corrected chi connectivity index (χ4v) is 4.40. The molecule has 3 heteroatoms. The Balaban J connectivity index is 2.12. The Morgan fingerprint density at radius 3 is 3.00 bits per heavy atom. The van der Waals surface area contributed by atoms with E-state index in [9.17, 15) is 4.79 Å². The molecule has 1 aromatic carbocycles. The number of thioether (sulfide) groups is 2. The van der Waals surface area contributed by atoms with Crippen LogP contribution in [0.5, 0.6) is 0 Å². The van der Waals surface area contributed by atoms with Crippen LogP contribution >= 0.6 is 23.5 Å².